The van der Waals surface area contributed by atoms with Crippen molar-refractivity contribution in [3.63, 3.8) is 0 Å². The third-order valence-electron chi connectivity index (χ3n) is 0. The van der Waals surface area contributed by atoms with E-state index in [1.165, 1.54) is 0 Å². The van der Waals surface area contributed by atoms with Crippen LogP contribution in [0.4, 0.5) is 4.79 Å². The molecule has 0 aliphatic heterocycles. The summed E-state index contributed by atoms with van der Waals surface area (Å²) in [4.78, 5) is 17.6. The van der Waals surface area contributed by atoms with E-state index in [0.717, 1.165) is 6.92 Å². The maximum atomic E-state index is 9.00. The fourth-order valence-corrected chi connectivity index (χ4v) is 0. The van der Waals surface area contributed by atoms with Crippen molar-refractivity contribution >= 4 is 12.1 Å². The van der Waals surface area contributed by atoms with Gasteiger partial charge in [-0.1, -0.05) is 0 Å². The number of aliphatic carboxylic acids is 1. The van der Waals surface area contributed by atoms with E-state index in [1.54, 1.807) is 0 Å². The Balaban J connectivity index is -0.0000000300. The molecule has 0 aliphatic rings. The van der Waals surface area contributed by atoms with E-state index in [2.05, 4.69) is 0 Å². The minimum absolute atomic E-state index is 0. The molecule has 0 aromatic heterocycles. The minimum atomic E-state index is -1.83. The van der Waals surface area contributed by atoms with Crippen LogP contribution in [0.25, 0.3) is 0 Å². The summed E-state index contributed by atoms with van der Waals surface area (Å²) in [5.41, 5.74) is 0. The van der Waals surface area contributed by atoms with Gasteiger partial charge in [0, 0.05) is 6.92 Å². The number of carboxylic acid groups (broad SMARTS) is 3. The van der Waals surface area contributed by atoms with Gasteiger partial charge in [0.25, 0.3) is 5.97 Å². The van der Waals surface area contributed by atoms with Crippen LogP contribution in [-0.2, 0) is 4.79 Å². The van der Waals surface area contributed by atoms with Crippen molar-refractivity contribution < 1.29 is 55.9 Å². The molecule has 0 bridgehead atoms. The molecule has 0 heterocycles. The first-order valence-corrected chi connectivity index (χ1v) is 1.58. The van der Waals surface area contributed by atoms with Crippen LogP contribution in [0.15, 0.2) is 0 Å². The average molecular weight is 146 g/mol. The van der Waals surface area contributed by atoms with Crippen LogP contribution in [0.1, 0.15) is 8.35 Å². The van der Waals surface area contributed by atoms with E-state index in [0.29, 0.717) is 0 Å². The molecule has 0 aliphatic carbocycles. The molecule has 0 atom stereocenters. The maximum absolute atomic E-state index is 9.00. The Bertz CT molecular complexity index is 74.9. The fourth-order valence-electron chi connectivity index (χ4n) is 0. The van der Waals surface area contributed by atoms with E-state index >= 15 is 0 Å². The van der Waals surface area contributed by atoms with Gasteiger partial charge in [-0.2, -0.15) is 0 Å². The molecule has 9 heavy (non-hydrogen) atoms. The molecule has 5 nitrogen and oxygen atoms in total. The van der Waals surface area contributed by atoms with Crippen LogP contribution in [0, 0.1) is 0 Å². The van der Waals surface area contributed by atoms with Gasteiger partial charge in [0.05, 0.1) is 0 Å². The molecular weight excluding hydrogens is 139 g/mol. The molecule has 50 valence electrons. The zero-order valence-corrected chi connectivity index (χ0v) is 7.16. The first kappa shape index (κ1) is 15.9. The number of carbonyl (C=O) groups is 2. The largest absolute Gasteiger partial charge is 1.00 e. The molecule has 0 aromatic rings. The summed E-state index contributed by atoms with van der Waals surface area (Å²) in [6.45, 7) is 1.08. The van der Waals surface area contributed by atoms with Crippen LogP contribution in [0.5, 0.6) is 0 Å². The SMILES string of the molecule is CC(=O)O.O=C(O)O.[H-].[Na+]. The van der Waals surface area contributed by atoms with Gasteiger partial charge in [-0.3, -0.25) is 4.79 Å². The van der Waals surface area contributed by atoms with E-state index in [4.69, 9.17) is 24.9 Å². The smallest absolute Gasteiger partial charge is 1.00 e. The van der Waals surface area contributed by atoms with Crippen molar-refractivity contribution in [2.75, 3.05) is 0 Å². The van der Waals surface area contributed by atoms with Crippen molar-refractivity contribution in [1.82, 2.24) is 0 Å². The molecule has 0 rings (SSSR count). The van der Waals surface area contributed by atoms with Crippen molar-refractivity contribution in [3.8, 4) is 0 Å². The van der Waals surface area contributed by atoms with Crippen LogP contribution in [0.3, 0.4) is 0 Å². The van der Waals surface area contributed by atoms with Crippen molar-refractivity contribution in [1.29, 1.82) is 0 Å². The Kier molecular flexibility index (Phi) is 18.8. The third kappa shape index (κ3) is 3770. The summed E-state index contributed by atoms with van der Waals surface area (Å²) in [7, 11) is 0. The Morgan fingerprint density at radius 2 is 1.22 bits per heavy atom. The summed E-state index contributed by atoms with van der Waals surface area (Å²) < 4.78 is 0. The van der Waals surface area contributed by atoms with Gasteiger partial charge in [0.15, 0.2) is 0 Å². The molecule has 0 radical (unpaired) electrons. The van der Waals surface area contributed by atoms with Gasteiger partial charge in [-0.25, -0.2) is 4.79 Å². The van der Waals surface area contributed by atoms with E-state index in [9.17, 15) is 0 Å². The molecule has 0 aromatic carbocycles. The monoisotopic (exact) mass is 146 g/mol. The van der Waals surface area contributed by atoms with Crippen molar-refractivity contribution in [3.05, 3.63) is 0 Å². The second-order valence-corrected chi connectivity index (χ2v) is 0.802. The molecular formula is C3H7NaO5. The third-order valence-corrected chi connectivity index (χ3v) is 0. The summed E-state index contributed by atoms with van der Waals surface area (Å²) in [6.07, 6.45) is -1.83. The second-order valence-electron chi connectivity index (χ2n) is 0.802. The second kappa shape index (κ2) is 10.7. The predicted molar refractivity (Wildman–Crippen MR) is 25.1 cm³/mol. The van der Waals surface area contributed by atoms with Gasteiger partial charge in [-0.15, -0.1) is 0 Å². The summed E-state index contributed by atoms with van der Waals surface area (Å²) in [5.74, 6) is -0.833. The predicted octanol–water partition coefficient (Wildman–Crippen LogP) is -2.57. The molecule has 6 heteroatoms. The Morgan fingerprint density at radius 3 is 1.22 bits per heavy atom. The van der Waals surface area contributed by atoms with Crippen LogP contribution in [0.2, 0.25) is 0 Å². The minimum Gasteiger partial charge on any atom is -1.00 e. The Labute approximate surface area is 75.1 Å². The number of carboxylic acids is 1. The van der Waals surface area contributed by atoms with Gasteiger partial charge < -0.3 is 16.7 Å². The molecule has 0 fully saturated rings. The Morgan fingerprint density at radius 1 is 1.22 bits per heavy atom. The Hall–Kier alpha value is -0.260. The van der Waals surface area contributed by atoms with E-state index in [-0.39, 0.29) is 31.0 Å². The maximum Gasteiger partial charge on any atom is 1.00 e. The molecule has 3 N–H and O–H groups in total. The van der Waals surface area contributed by atoms with E-state index < -0.39 is 12.1 Å². The molecule has 0 saturated heterocycles. The summed E-state index contributed by atoms with van der Waals surface area (Å²) >= 11 is 0. The van der Waals surface area contributed by atoms with Gasteiger partial charge in [-0.05, 0) is 0 Å². The number of hydrogen-bond acceptors (Lipinski definition) is 2. The first-order valence-electron chi connectivity index (χ1n) is 1.58. The molecule has 0 spiro atoms. The summed E-state index contributed by atoms with van der Waals surface area (Å²) in [5, 5.41) is 21.4. The first-order chi connectivity index (χ1) is 3.46. The average Bonchev–Trinajstić information content (AvgIpc) is 1.25. The fraction of sp³-hybridized carbons (Fsp3) is 0.333. The van der Waals surface area contributed by atoms with Gasteiger partial charge >= 0.3 is 35.7 Å². The van der Waals surface area contributed by atoms with Gasteiger partial charge in [0.1, 0.15) is 0 Å². The van der Waals surface area contributed by atoms with E-state index in [1.807, 2.05) is 0 Å². The molecule has 0 amide bonds. The normalized spacial score (nSPS) is 5.44. The molecule has 0 saturated carbocycles. The zero-order chi connectivity index (χ0) is 7.15. The summed E-state index contributed by atoms with van der Waals surface area (Å²) in [6, 6.07) is 0. The zero-order valence-electron chi connectivity index (χ0n) is 6.16. The number of hydrogen-bond donors (Lipinski definition) is 3. The quantitative estimate of drug-likeness (QED) is 0.326. The van der Waals surface area contributed by atoms with Gasteiger partial charge in [0.2, 0.25) is 0 Å². The number of rotatable bonds is 0. The van der Waals surface area contributed by atoms with Crippen molar-refractivity contribution in [2.45, 2.75) is 6.92 Å². The molecule has 0 unspecified atom stereocenters. The van der Waals surface area contributed by atoms with Crippen LogP contribution >= 0.6 is 0 Å². The van der Waals surface area contributed by atoms with Crippen LogP contribution in [-0.4, -0.2) is 27.4 Å². The van der Waals surface area contributed by atoms with Crippen molar-refractivity contribution in [2.24, 2.45) is 0 Å². The standard InChI is InChI=1S/C2H4O2.CH2O3.Na.H/c1-2(3)4;2-1(3)4;;/h1H3,(H,3,4);(H2,2,3,4);;/q;;+1;-1. The van der Waals surface area contributed by atoms with Crippen LogP contribution < -0.4 is 29.6 Å². The topological polar surface area (TPSA) is 94.8 Å².